The number of hydrogen-bond donors (Lipinski definition) is 1. The Hall–Kier alpha value is -0.553. The maximum Gasteiger partial charge on any atom is 0.407 e. The second kappa shape index (κ2) is 7.68. The fraction of sp³-hybridized carbons (Fsp3) is 0.909. The Balaban J connectivity index is 3.35. The van der Waals surface area contributed by atoms with Gasteiger partial charge in [0.1, 0.15) is 5.60 Å². The van der Waals surface area contributed by atoms with Gasteiger partial charge in [-0.2, -0.15) is 0 Å². The van der Waals surface area contributed by atoms with Gasteiger partial charge in [-0.3, -0.25) is 0 Å². The highest BCUT2D eigenvalue weighted by Crippen LogP contribution is 2.06. The maximum atomic E-state index is 11.2. The molecule has 4 nitrogen and oxygen atoms in total. The third-order valence-electron chi connectivity index (χ3n) is 1.44. The molecule has 5 heteroatoms. The molecule has 0 aliphatic carbocycles. The zero-order chi connectivity index (χ0) is 12.6. The van der Waals surface area contributed by atoms with Crippen LogP contribution in [0.4, 0.5) is 4.79 Å². The highest BCUT2D eigenvalue weighted by Gasteiger charge is 2.15. The fourth-order valence-electron chi connectivity index (χ4n) is 0.891. The molecule has 0 aromatic rings. The number of carbonyl (C=O) groups is 1. The fourth-order valence-corrected chi connectivity index (χ4v) is 1.66. The summed E-state index contributed by atoms with van der Waals surface area (Å²) in [4.78, 5) is 11.2. The molecule has 0 unspecified atom stereocenters. The number of carbonyl (C=O) groups excluding carboxylic acids is 1. The summed E-state index contributed by atoms with van der Waals surface area (Å²) in [5.74, 6) is 0. The molecule has 0 spiro atoms. The van der Waals surface area contributed by atoms with Gasteiger partial charge in [-0.1, -0.05) is 0 Å². The predicted octanol–water partition coefficient (Wildman–Crippen LogP) is 2.36. The van der Waals surface area contributed by atoms with E-state index in [9.17, 15) is 4.79 Å². The lowest BCUT2D eigenvalue weighted by atomic mass is 10.2. The summed E-state index contributed by atoms with van der Waals surface area (Å²) in [6.45, 7) is 10.2. The van der Waals surface area contributed by atoms with Gasteiger partial charge >= 0.3 is 6.09 Å². The molecule has 0 aliphatic heterocycles. The molecule has 0 aromatic carbocycles. The van der Waals surface area contributed by atoms with Gasteiger partial charge in [0, 0.05) is 12.6 Å². The first-order valence-electron chi connectivity index (χ1n) is 5.66. The Morgan fingerprint density at radius 1 is 1.38 bits per heavy atom. The second-order valence-electron chi connectivity index (χ2n) is 4.84. The first-order valence-corrected chi connectivity index (χ1v) is 6.78. The van der Waals surface area contributed by atoms with Crippen LogP contribution in [-0.2, 0) is 9.16 Å². The van der Waals surface area contributed by atoms with E-state index in [2.05, 4.69) is 5.32 Å². The lowest BCUT2D eigenvalue weighted by molar-refractivity contribution is 0.0527. The van der Waals surface area contributed by atoms with Crippen LogP contribution in [0.1, 0.15) is 41.0 Å². The smallest absolute Gasteiger partial charge is 0.407 e. The molecule has 0 aliphatic rings. The summed E-state index contributed by atoms with van der Waals surface area (Å²) in [6.07, 6.45) is 0.863. The summed E-state index contributed by atoms with van der Waals surface area (Å²) in [7, 11) is 0.514. The van der Waals surface area contributed by atoms with Crippen LogP contribution in [0.5, 0.6) is 0 Å². The van der Waals surface area contributed by atoms with E-state index in [0.717, 1.165) is 12.5 Å². The first kappa shape index (κ1) is 15.4. The summed E-state index contributed by atoms with van der Waals surface area (Å²) >= 11 is 0. The van der Waals surface area contributed by atoms with Crippen LogP contribution >= 0.6 is 0 Å². The topological polar surface area (TPSA) is 47.6 Å². The number of alkyl carbamates (subject to hydrolysis) is 1. The molecular formula is C11H23NO3Si. The van der Waals surface area contributed by atoms with Gasteiger partial charge < -0.3 is 14.5 Å². The van der Waals surface area contributed by atoms with Crippen molar-refractivity contribution in [3.05, 3.63) is 0 Å². The van der Waals surface area contributed by atoms with E-state index in [1.165, 1.54) is 0 Å². The molecule has 94 valence electrons. The second-order valence-corrected chi connectivity index (χ2v) is 5.87. The molecule has 0 saturated heterocycles. The lowest BCUT2D eigenvalue weighted by Gasteiger charge is -2.19. The largest absolute Gasteiger partial charge is 0.444 e. The van der Waals surface area contributed by atoms with E-state index in [1.807, 2.05) is 34.6 Å². The SMILES string of the molecule is CC(C)O[Si]CCCNC(=O)OC(C)(C)C. The molecule has 16 heavy (non-hydrogen) atoms. The van der Waals surface area contributed by atoms with E-state index in [-0.39, 0.29) is 12.2 Å². The molecule has 0 aromatic heterocycles. The molecule has 0 atom stereocenters. The molecule has 2 radical (unpaired) electrons. The molecule has 0 fully saturated rings. The van der Waals surface area contributed by atoms with E-state index in [1.54, 1.807) is 0 Å². The molecule has 0 saturated carbocycles. The zero-order valence-electron chi connectivity index (χ0n) is 10.9. The van der Waals surface area contributed by atoms with E-state index < -0.39 is 5.60 Å². The third kappa shape index (κ3) is 11.5. The maximum absolute atomic E-state index is 11.2. The Morgan fingerprint density at radius 3 is 2.50 bits per heavy atom. The van der Waals surface area contributed by atoms with Crippen LogP contribution in [0.3, 0.4) is 0 Å². The van der Waals surface area contributed by atoms with Gasteiger partial charge in [-0.25, -0.2) is 4.79 Å². The van der Waals surface area contributed by atoms with Crippen LogP contribution in [0.15, 0.2) is 0 Å². The lowest BCUT2D eigenvalue weighted by Crippen LogP contribution is -2.33. The van der Waals surface area contributed by atoms with Gasteiger partial charge in [0.15, 0.2) is 0 Å². The Kier molecular flexibility index (Phi) is 7.41. The molecular weight excluding hydrogens is 222 g/mol. The molecule has 1 N–H and O–H groups in total. The highest BCUT2D eigenvalue weighted by atomic mass is 28.2. The first-order chi connectivity index (χ1) is 7.31. The van der Waals surface area contributed by atoms with Crippen molar-refractivity contribution in [2.24, 2.45) is 0 Å². The number of ether oxygens (including phenoxy) is 1. The van der Waals surface area contributed by atoms with Gasteiger partial charge in [0.2, 0.25) is 9.76 Å². The minimum Gasteiger partial charge on any atom is -0.444 e. The van der Waals surface area contributed by atoms with Gasteiger partial charge in [0.05, 0.1) is 0 Å². The van der Waals surface area contributed by atoms with Crippen molar-refractivity contribution in [3.63, 3.8) is 0 Å². The van der Waals surface area contributed by atoms with Crippen molar-refractivity contribution in [2.75, 3.05) is 6.54 Å². The van der Waals surface area contributed by atoms with Crippen molar-refractivity contribution in [2.45, 2.75) is 58.8 Å². The molecule has 1 amide bonds. The summed E-state index contributed by atoms with van der Waals surface area (Å²) in [6, 6.07) is 0.980. The Bertz CT molecular complexity index is 202. The van der Waals surface area contributed by atoms with Gasteiger partial charge in [-0.05, 0) is 47.1 Å². The molecule has 0 bridgehead atoms. The van der Waals surface area contributed by atoms with Crippen LogP contribution in [-0.4, -0.2) is 34.1 Å². The van der Waals surface area contributed by atoms with Crippen molar-refractivity contribution < 1.29 is 14.0 Å². The minimum atomic E-state index is -0.424. The average Bonchev–Trinajstić information content (AvgIpc) is 2.07. The van der Waals surface area contributed by atoms with Gasteiger partial charge in [-0.15, -0.1) is 0 Å². The number of hydrogen-bond acceptors (Lipinski definition) is 3. The number of nitrogens with one attached hydrogen (secondary N) is 1. The van der Waals surface area contributed by atoms with Gasteiger partial charge in [0.25, 0.3) is 0 Å². The van der Waals surface area contributed by atoms with Crippen molar-refractivity contribution in [1.29, 1.82) is 0 Å². The Morgan fingerprint density at radius 2 is 2.00 bits per heavy atom. The van der Waals surface area contributed by atoms with Crippen molar-refractivity contribution in [1.82, 2.24) is 5.32 Å². The van der Waals surface area contributed by atoms with E-state index in [4.69, 9.17) is 9.16 Å². The Labute approximate surface area is 101 Å². The van der Waals surface area contributed by atoms with E-state index >= 15 is 0 Å². The normalized spacial score (nSPS) is 11.6. The molecule has 0 heterocycles. The van der Waals surface area contributed by atoms with Crippen LogP contribution in [0, 0.1) is 0 Å². The number of amides is 1. The summed E-state index contributed by atoms with van der Waals surface area (Å²) in [5.41, 5.74) is -0.424. The van der Waals surface area contributed by atoms with E-state index in [0.29, 0.717) is 16.3 Å². The highest BCUT2D eigenvalue weighted by molar-refractivity contribution is 6.27. The average molecular weight is 245 g/mol. The number of rotatable bonds is 6. The zero-order valence-corrected chi connectivity index (χ0v) is 11.9. The molecule has 0 rings (SSSR count). The van der Waals surface area contributed by atoms with Crippen LogP contribution < -0.4 is 5.32 Å². The third-order valence-corrected chi connectivity index (χ3v) is 2.64. The summed E-state index contributed by atoms with van der Waals surface area (Å²) < 4.78 is 10.5. The van der Waals surface area contributed by atoms with Crippen molar-refractivity contribution in [3.8, 4) is 0 Å². The predicted molar refractivity (Wildman–Crippen MR) is 65.6 cm³/mol. The summed E-state index contributed by atoms with van der Waals surface area (Å²) in [5, 5.41) is 2.72. The minimum absolute atomic E-state index is 0.289. The van der Waals surface area contributed by atoms with Crippen LogP contribution in [0.25, 0.3) is 0 Å². The quantitative estimate of drug-likeness (QED) is 0.577. The monoisotopic (exact) mass is 245 g/mol. The standard InChI is InChI=1S/C11H23NO3Si/c1-9(2)15-16-8-6-7-12-10(13)14-11(3,4)5/h9H,6-8H2,1-5H3,(H,12,13). The van der Waals surface area contributed by atoms with Crippen molar-refractivity contribution >= 4 is 15.9 Å². The van der Waals surface area contributed by atoms with Crippen LogP contribution in [0.2, 0.25) is 6.04 Å².